The van der Waals surface area contributed by atoms with Crippen LogP contribution in [0.5, 0.6) is 0 Å². The van der Waals surface area contributed by atoms with E-state index in [4.69, 9.17) is 5.11 Å². The Labute approximate surface area is 87.3 Å². The standard InChI is InChI=1S/C12H23NO/c1-10-3-2-4-12(7-10)13-6-5-11(8-13)9-14/h10-12,14H,2-9H2,1H3. The molecule has 1 heterocycles. The van der Waals surface area contributed by atoms with Crippen molar-refractivity contribution in [3.63, 3.8) is 0 Å². The lowest BCUT2D eigenvalue weighted by Crippen LogP contribution is -2.37. The summed E-state index contributed by atoms with van der Waals surface area (Å²) in [6.45, 7) is 5.14. The summed E-state index contributed by atoms with van der Waals surface area (Å²) < 4.78 is 0. The highest BCUT2D eigenvalue weighted by Crippen LogP contribution is 2.30. The zero-order valence-electron chi connectivity index (χ0n) is 9.28. The van der Waals surface area contributed by atoms with E-state index in [9.17, 15) is 0 Å². The molecule has 1 saturated heterocycles. The van der Waals surface area contributed by atoms with Gasteiger partial charge in [-0.15, -0.1) is 0 Å². The average molecular weight is 197 g/mol. The Balaban J connectivity index is 1.83. The van der Waals surface area contributed by atoms with Crippen LogP contribution in [0.2, 0.25) is 0 Å². The molecule has 0 radical (unpaired) electrons. The lowest BCUT2D eigenvalue weighted by molar-refractivity contribution is 0.148. The molecule has 0 aromatic heterocycles. The number of rotatable bonds is 2. The molecule has 1 aliphatic heterocycles. The third-order valence-corrected chi connectivity index (χ3v) is 4.00. The molecule has 3 atom stereocenters. The Bertz CT molecular complexity index is 183. The van der Waals surface area contributed by atoms with Crippen molar-refractivity contribution in [3.8, 4) is 0 Å². The zero-order chi connectivity index (χ0) is 9.97. The van der Waals surface area contributed by atoms with Crippen LogP contribution in [0.3, 0.4) is 0 Å². The highest BCUT2D eigenvalue weighted by molar-refractivity contribution is 4.84. The largest absolute Gasteiger partial charge is 0.396 e. The second kappa shape index (κ2) is 4.63. The first-order chi connectivity index (χ1) is 6.79. The summed E-state index contributed by atoms with van der Waals surface area (Å²) in [7, 11) is 0. The van der Waals surface area contributed by atoms with Crippen LogP contribution in [-0.2, 0) is 0 Å². The lowest BCUT2D eigenvalue weighted by Gasteiger charge is -2.34. The third kappa shape index (κ3) is 2.29. The van der Waals surface area contributed by atoms with E-state index in [0.29, 0.717) is 12.5 Å². The molecule has 1 aliphatic carbocycles. The number of aliphatic hydroxyl groups excluding tert-OH is 1. The summed E-state index contributed by atoms with van der Waals surface area (Å²) in [5.41, 5.74) is 0. The molecule has 2 nitrogen and oxygen atoms in total. The maximum atomic E-state index is 9.11. The van der Waals surface area contributed by atoms with Gasteiger partial charge in [0.2, 0.25) is 0 Å². The molecule has 2 heteroatoms. The number of hydrogen-bond donors (Lipinski definition) is 1. The third-order valence-electron chi connectivity index (χ3n) is 4.00. The monoisotopic (exact) mass is 197 g/mol. The predicted molar refractivity (Wildman–Crippen MR) is 58.2 cm³/mol. The molecule has 0 amide bonds. The van der Waals surface area contributed by atoms with Gasteiger partial charge in [0.25, 0.3) is 0 Å². The molecule has 2 aliphatic rings. The molecule has 1 N–H and O–H groups in total. The van der Waals surface area contributed by atoms with Crippen molar-refractivity contribution in [1.82, 2.24) is 4.90 Å². The van der Waals surface area contributed by atoms with Crippen LogP contribution >= 0.6 is 0 Å². The molecular weight excluding hydrogens is 174 g/mol. The average Bonchev–Trinajstić information content (AvgIpc) is 2.66. The molecule has 2 rings (SSSR count). The fraction of sp³-hybridized carbons (Fsp3) is 1.00. The van der Waals surface area contributed by atoms with Gasteiger partial charge in [-0.2, -0.15) is 0 Å². The van der Waals surface area contributed by atoms with Crippen LogP contribution < -0.4 is 0 Å². The van der Waals surface area contributed by atoms with E-state index in [0.717, 1.165) is 18.5 Å². The highest BCUT2D eigenvalue weighted by Gasteiger charge is 2.30. The van der Waals surface area contributed by atoms with Gasteiger partial charge in [0.1, 0.15) is 0 Å². The predicted octanol–water partition coefficient (Wildman–Crippen LogP) is 1.88. The van der Waals surface area contributed by atoms with Crippen molar-refractivity contribution in [2.45, 2.75) is 45.1 Å². The van der Waals surface area contributed by atoms with E-state index in [-0.39, 0.29) is 0 Å². The van der Waals surface area contributed by atoms with Crippen molar-refractivity contribution < 1.29 is 5.11 Å². The topological polar surface area (TPSA) is 23.5 Å². The van der Waals surface area contributed by atoms with E-state index >= 15 is 0 Å². The maximum Gasteiger partial charge on any atom is 0.0471 e. The van der Waals surface area contributed by atoms with Crippen LogP contribution in [0.15, 0.2) is 0 Å². The Morgan fingerprint density at radius 1 is 1.29 bits per heavy atom. The van der Waals surface area contributed by atoms with Crippen LogP contribution in [0.25, 0.3) is 0 Å². The summed E-state index contributed by atoms with van der Waals surface area (Å²) in [6, 6.07) is 0.829. The van der Waals surface area contributed by atoms with Gasteiger partial charge in [0.05, 0.1) is 0 Å². The second-order valence-corrected chi connectivity index (χ2v) is 5.26. The van der Waals surface area contributed by atoms with Gasteiger partial charge in [-0.05, 0) is 37.6 Å². The van der Waals surface area contributed by atoms with Crippen molar-refractivity contribution in [3.05, 3.63) is 0 Å². The minimum atomic E-state index is 0.388. The second-order valence-electron chi connectivity index (χ2n) is 5.26. The van der Waals surface area contributed by atoms with Gasteiger partial charge < -0.3 is 10.0 Å². The van der Waals surface area contributed by atoms with E-state index in [2.05, 4.69) is 11.8 Å². The quantitative estimate of drug-likeness (QED) is 0.730. The fourth-order valence-electron chi connectivity index (χ4n) is 3.08. The molecular formula is C12H23NO. The Morgan fingerprint density at radius 3 is 2.79 bits per heavy atom. The highest BCUT2D eigenvalue weighted by atomic mass is 16.3. The molecule has 0 spiro atoms. The molecule has 0 aromatic carbocycles. The van der Waals surface area contributed by atoms with Gasteiger partial charge >= 0.3 is 0 Å². The minimum Gasteiger partial charge on any atom is -0.396 e. The molecule has 1 saturated carbocycles. The molecule has 2 fully saturated rings. The van der Waals surface area contributed by atoms with E-state index in [1.807, 2.05) is 0 Å². The Morgan fingerprint density at radius 2 is 2.14 bits per heavy atom. The van der Waals surface area contributed by atoms with Crippen LogP contribution in [0, 0.1) is 11.8 Å². The molecule has 14 heavy (non-hydrogen) atoms. The zero-order valence-corrected chi connectivity index (χ0v) is 9.28. The molecule has 82 valence electrons. The summed E-state index contributed by atoms with van der Waals surface area (Å²) in [6.07, 6.45) is 6.82. The van der Waals surface area contributed by atoms with Crippen molar-refractivity contribution in [2.75, 3.05) is 19.7 Å². The number of aliphatic hydroxyl groups is 1. The van der Waals surface area contributed by atoms with E-state index in [1.54, 1.807) is 0 Å². The normalized spacial score (nSPS) is 40.3. The van der Waals surface area contributed by atoms with Crippen molar-refractivity contribution in [1.29, 1.82) is 0 Å². The van der Waals surface area contributed by atoms with Gasteiger partial charge in [0, 0.05) is 19.2 Å². The molecule has 3 unspecified atom stereocenters. The Kier molecular flexibility index (Phi) is 3.45. The first kappa shape index (κ1) is 10.4. The number of nitrogens with zero attached hydrogens (tertiary/aromatic N) is 1. The van der Waals surface area contributed by atoms with Crippen molar-refractivity contribution in [2.24, 2.45) is 11.8 Å². The summed E-state index contributed by atoms with van der Waals surface area (Å²) >= 11 is 0. The first-order valence-electron chi connectivity index (χ1n) is 6.14. The summed E-state index contributed by atoms with van der Waals surface area (Å²) in [4.78, 5) is 2.62. The van der Waals surface area contributed by atoms with Crippen molar-refractivity contribution >= 4 is 0 Å². The van der Waals surface area contributed by atoms with E-state index < -0.39 is 0 Å². The molecule has 0 bridgehead atoms. The van der Waals surface area contributed by atoms with E-state index in [1.165, 1.54) is 38.6 Å². The maximum absolute atomic E-state index is 9.11. The van der Waals surface area contributed by atoms with Gasteiger partial charge in [-0.1, -0.05) is 19.8 Å². The Hall–Kier alpha value is -0.0800. The van der Waals surface area contributed by atoms with Crippen LogP contribution in [0.4, 0.5) is 0 Å². The summed E-state index contributed by atoms with van der Waals surface area (Å²) in [5.74, 6) is 1.48. The number of hydrogen-bond acceptors (Lipinski definition) is 2. The van der Waals surface area contributed by atoms with Gasteiger partial charge in [-0.25, -0.2) is 0 Å². The van der Waals surface area contributed by atoms with Crippen LogP contribution in [-0.4, -0.2) is 35.7 Å². The fourth-order valence-corrected chi connectivity index (χ4v) is 3.08. The smallest absolute Gasteiger partial charge is 0.0471 e. The minimum absolute atomic E-state index is 0.388. The lowest BCUT2D eigenvalue weighted by atomic mass is 9.86. The molecule has 0 aromatic rings. The SMILES string of the molecule is CC1CCCC(N2CCC(CO)C2)C1. The summed E-state index contributed by atoms with van der Waals surface area (Å²) in [5, 5.41) is 9.11. The first-order valence-corrected chi connectivity index (χ1v) is 6.14. The van der Waals surface area contributed by atoms with Crippen LogP contribution in [0.1, 0.15) is 39.0 Å². The van der Waals surface area contributed by atoms with Gasteiger partial charge in [0.15, 0.2) is 0 Å². The van der Waals surface area contributed by atoms with Gasteiger partial charge in [-0.3, -0.25) is 0 Å². The number of likely N-dealkylation sites (tertiary alicyclic amines) is 1.